The largest absolute Gasteiger partial charge is 0.508 e. The number of benzene rings is 12. The highest BCUT2D eigenvalue weighted by Gasteiger charge is 2.23. The maximum atomic E-state index is 11.7. The van der Waals surface area contributed by atoms with Gasteiger partial charge in [0.05, 0.1) is 52.5 Å². The Morgan fingerprint density at radius 1 is 0.326 bits per heavy atom. The van der Waals surface area contributed by atoms with Crippen molar-refractivity contribution in [2.24, 2.45) is 0 Å². The van der Waals surface area contributed by atoms with Crippen LogP contribution in [0, 0.1) is 93.0 Å². The first-order valence-electron chi connectivity index (χ1n) is 45.9. The van der Waals surface area contributed by atoms with Gasteiger partial charge < -0.3 is 84.2 Å². The predicted molar refractivity (Wildman–Crippen MR) is 556 cm³/mol. The second-order valence-electron chi connectivity index (χ2n) is 35.5. The molecule has 8 N–H and O–H groups in total. The van der Waals surface area contributed by atoms with Crippen LogP contribution in [0.5, 0.6) is 92.0 Å². The van der Waals surface area contributed by atoms with E-state index in [9.17, 15) is 54.7 Å². The van der Waals surface area contributed by atoms with Gasteiger partial charge in [0, 0.05) is 69.1 Å². The standard InChI is InChI=1S/C21H25NO5.C19H21NO5.C18H21NO4.C18H23NO2.C10H14IO.C10H14O.C9H12O.C8H9NO3/c1-12(2)17-11-16(7-8-18(17)25-5)27-19-13(3)9-15(10-14(19)4)22-20(23)21(24)26-6;1-10(2)15-9-14(5-6-16(15)21)25-17-11(3)7-13(8-12(17)4)20-18(22)19(23)24;1-11(2)16-10-15(6-7-17(16)22-5)23-18-12(3)8-14(19(20)21)9-13(18)4;1-11(2)16-10-15(6-7-17(16)20-5)21-18-12(3)8-14(19)9-13(18)4;1-7(2)9-6-8(11)4-5-10(9)12-3;1-8(2)9-6-4-5-7-10(9)11-3;1-7(2)8-5-3-4-6-9(8)10;1-5-3-7(9(11)12)4-6(2)8(5)10/h7-12H,1-6H3,(H,22,23);5-10,21H,1-4H3,(H,20,22)(H,23,24);6-11H,1-5H3;6-11H,19H2,1-5H3;4-7,11H,1-3H3;4-8H,1-3H3;3-7,10H,1-2H3;3-4,10H,1-2H3/q;;;;+1;;;. The smallest absolute Gasteiger partial charge is 0.396 e. The molecule has 0 aromatic heterocycles. The van der Waals surface area contributed by atoms with E-state index < -0.39 is 33.6 Å². The second-order valence-corrected chi connectivity index (χ2v) is 36.9. The minimum Gasteiger partial charge on any atom is -0.508 e. The molecule has 0 aliphatic heterocycles. The van der Waals surface area contributed by atoms with Crippen molar-refractivity contribution in [2.75, 3.05) is 59.0 Å². The SMILES string of the molecule is CC(C)c1ccccc1O.COC(=O)C(=O)Nc1cc(C)c(Oc2ccc(OC)c(C(C)C)c2)c(C)c1.COc1ccc(Oc2c(C)cc(N)cc2C)cc1C(C)C.COc1ccc(Oc2c(C)cc([N+](=O)[O-])cc2C)cc1C(C)C.COc1ccc([IH+])cc1C(C)C.COc1ccccc1C(C)C.Cc1cc(NC(=O)C(=O)O)cc(C)c1Oc1ccc(O)c(C(C)C)c1.Cc1cc([N+](=O)[O-])cc(C)c1O. The van der Waals surface area contributed by atoms with E-state index in [4.69, 9.17) is 53.5 Å². The molecule has 0 radical (unpaired) electrons. The number of non-ortho nitro benzene ring substituents is 2. The highest BCUT2D eigenvalue weighted by Crippen LogP contribution is 2.42. The number of hydrogen-bond donors (Lipinski definition) is 7. The number of nitrogens with two attached hydrogens (primary N) is 1. The van der Waals surface area contributed by atoms with Crippen LogP contribution in [-0.2, 0) is 23.9 Å². The molecule has 141 heavy (non-hydrogen) atoms. The Morgan fingerprint density at radius 2 is 0.596 bits per heavy atom. The number of aromatic hydroxyl groups is 3. The molecule has 754 valence electrons. The molecule has 0 aliphatic rings. The number of ether oxygens (including phenoxy) is 10. The van der Waals surface area contributed by atoms with Crippen molar-refractivity contribution in [3.05, 3.63) is 319 Å². The van der Waals surface area contributed by atoms with Crippen molar-refractivity contribution in [1.29, 1.82) is 0 Å². The van der Waals surface area contributed by atoms with Crippen LogP contribution in [0.15, 0.2) is 200 Å². The lowest BCUT2D eigenvalue weighted by atomic mass is 10.0. The summed E-state index contributed by atoms with van der Waals surface area (Å²) in [6.45, 7) is 47.7. The Hall–Kier alpha value is -14.6. The summed E-state index contributed by atoms with van der Waals surface area (Å²) in [5.41, 5.74) is 23.0. The summed E-state index contributed by atoms with van der Waals surface area (Å²) < 4.78 is 56.5. The zero-order valence-electron chi connectivity index (χ0n) is 86.6. The number of halogens is 1. The molecule has 0 atom stereocenters. The van der Waals surface area contributed by atoms with Crippen molar-refractivity contribution in [1.82, 2.24) is 0 Å². The molecule has 0 heterocycles. The molecule has 0 unspecified atom stereocenters. The van der Waals surface area contributed by atoms with E-state index in [2.05, 4.69) is 117 Å². The zero-order chi connectivity index (χ0) is 106. The Bertz CT molecular complexity index is 6170. The average Bonchev–Trinajstić information content (AvgIpc) is 0.814. The summed E-state index contributed by atoms with van der Waals surface area (Å²) >= 11 is 2.03. The predicted octanol–water partition coefficient (Wildman–Crippen LogP) is 24.8. The molecule has 0 fully saturated rings. The maximum absolute atomic E-state index is 11.7. The first-order valence-corrected chi connectivity index (χ1v) is 47.1. The Morgan fingerprint density at radius 3 is 0.901 bits per heavy atom. The third-order valence-corrected chi connectivity index (χ3v) is 22.7. The number of nitro benzene ring substituents is 2. The van der Waals surface area contributed by atoms with Crippen molar-refractivity contribution < 1.29 is 119 Å². The number of para-hydroxylation sites is 2. The van der Waals surface area contributed by atoms with Crippen molar-refractivity contribution in [3.63, 3.8) is 0 Å². The van der Waals surface area contributed by atoms with Gasteiger partial charge in [0.25, 0.3) is 34.0 Å². The summed E-state index contributed by atoms with van der Waals surface area (Å²) in [4.78, 5) is 65.2. The van der Waals surface area contributed by atoms with E-state index in [1.165, 1.54) is 39.0 Å². The molecule has 27 nitrogen and oxygen atoms in total. The number of anilines is 3. The van der Waals surface area contributed by atoms with Crippen molar-refractivity contribution >= 4 is 52.2 Å². The lowest BCUT2D eigenvalue weighted by molar-refractivity contribution is -0.385. The number of hydrogen-bond acceptors (Lipinski definition) is 22. The van der Waals surface area contributed by atoms with Gasteiger partial charge in [-0.15, -0.1) is 0 Å². The molecule has 12 aromatic carbocycles. The third kappa shape index (κ3) is 35.4. The number of phenolic OH excluding ortho intramolecular Hbond substituents is 3. The van der Waals surface area contributed by atoms with Crippen LogP contribution in [0.1, 0.15) is 233 Å². The number of carbonyl (C=O) groups excluding carboxylic acids is 3. The Balaban J connectivity index is 0.000000291. The number of nitrogens with zero attached hydrogens (tertiary/aromatic N) is 2. The van der Waals surface area contributed by atoms with Gasteiger partial charge in [-0.25, -0.2) is 9.59 Å². The van der Waals surface area contributed by atoms with Gasteiger partial charge in [0.1, 0.15) is 92.0 Å². The fourth-order valence-electron chi connectivity index (χ4n) is 14.7. The summed E-state index contributed by atoms with van der Waals surface area (Å²) in [5, 5.41) is 63.2. The van der Waals surface area contributed by atoms with Gasteiger partial charge in [-0.05, 0) is 317 Å². The number of esters is 1. The van der Waals surface area contributed by atoms with Gasteiger partial charge in [-0.3, -0.25) is 29.8 Å². The fourth-order valence-corrected chi connectivity index (χ4v) is 15.3. The first-order chi connectivity index (χ1) is 66.3. The Labute approximate surface area is 843 Å². The van der Waals surface area contributed by atoms with E-state index in [0.29, 0.717) is 98.3 Å². The molecule has 0 aliphatic carbocycles. The van der Waals surface area contributed by atoms with E-state index in [1.807, 2.05) is 201 Å². The van der Waals surface area contributed by atoms with Gasteiger partial charge in [0.2, 0.25) is 0 Å². The molecule has 0 spiro atoms. The van der Waals surface area contributed by atoms with E-state index in [-0.39, 0.29) is 28.8 Å². The van der Waals surface area contributed by atoms with Gasteiger partial charge >= 0.3 is 23.8 Å². The summed E-state index contributed by atoms with van der Waals surface area (Å²) in [6.07, 6.45) is 0. The zero-order valence-corrected chi connectivity index (χ0v) is 88.9. The number of aliphatic carboxylic acids is 1. The van der Waals surface area contributed by atoms with Gasteiger partial charge in [-0.2, -0.15) is 0 Å². The molecule has 12 rings (SSSR count). The number of nitro groups is 2. The van der Waals surface area contributed by atoms with Gasteiger partial charge in [0.15, 0.2) is 3.57 Å². The number of nitrogens with one attached hydrogen (secondary N) is 2. The molecule has 12 aromatic rings. The maximum Gasteiger partial charge on any atom is 0.396 e. The minimum absolute atomic E-state index is 0.0165. The van der Waals surface area contributed by atoms with E-state index in [1.54, 1.807) is 97.9 Å². The first kappa shape index (κ1) is 117. The quantitative estimate of drug-likeness (QED) is 0.00738. The highest BCUT2D eigenvalue weighted by atomic mass is 127. The molecule has 0 saturated carbocycles. The van der Waals surface area contributed by atoms with Gasteiger partial charge in [-0.1, -0.05) is 133 Å². The average molecular weight is 2050 g/mol. The van der Waals surface area contributed by atoms with Crippen molar-refractivity contribution in [2.45, 2.75) is 208 Å². The number of aryl methyl sites for hydroxylation is 10. The third-order valence-electron chi connectivity index (χ3n) is 21.9. The van der Waals surface area contributed by atoms with Crippen molar-refractivity contribution in [3.8, 4) is 92.0 Å². The molecule has 2 amide bonds. The summed E-state index contributed by atoms with van der Waals surface area (Å²) in [7, 11) is 9.58. The molecule has 0 bridgehead atoms. The number of nitrogen functional groups attached to an aromatic ring is 1. The molecular weight excluding hydrogens is 1910 g/mol. The number of amides is 2. The normalized spacial score (nSPS) is 10.5. The molecule has 28 heteroatoms. The second kappa shape index (κ2) is 55.9. The molecule has 0 saturated heterocycles. The van der Waals surface area contributed by atoms with Crippen LogP contribution in [0.25, 0.3) is 0 Å². The van der Waals surface area contributed by atoms with Crippen LogP contribution < -0.4 is 81.6 Å². The number of carboxylic acid groups (broad SMARTS) is 1. The van der Waals surface area contributed by atoms with Crippen LogP contribution in [0.3, 0.4) is 0 Å². The van der Waals surface area contributed by atoms with Crippen LogP contribution in [0.4, 0.5) is 28.4 Å². The van der Waals surface area contributed by atoms with E-state index in [0.717, 1.165) is 125 Å². The van der Waals surface area contributed by atoms with Crippen LogP contribution in [-0.4, -0.2) is 96.7 Å². The number of methoxy groups -OCH3 is 6. The fraction of sp³-hybridized carbons (Fsp3) is 0.327. The minimum atomic E-state index is -1.54. The number of rotatable bonds is 24. The number of carbonyl (C=O) groups is 4. The van der Waals surface area contributed by atoms with Crippen LogP contribution >= 0.6 is 0 Å². The van der Waals surface area contributed by atoms with E-state index >= 15 is 0 Å². The van der Waals surface area contributed by atoms with Crippen LogP contribution in [0.2, 0.25) is 0 Å². The lowest BCUT2D eigenvalue weighted by Crippen LogP contribution is -3.34. The lowest BCUT2D eigenvalue weighted by Gasteiger charge is -2.17. The highest BCUT2D eigenvalue weighted by molar-refractivity contribution is 6.37. The summed E-state index contributed by atoms with van der Waals surface area (Å²) in [6, 6.07) is 60.6. The number of phenols is 3. The topological polar surface area (TPSA) is 378 Å². The Kier molecular flexibility index (Phi) is 46.4. The monoisotopic (exact) mass is 2040 g/mol. The molecular formula is C113H139IN5O22+. The number of carboxylic acids is 1. The summed E-state index contributed by atoms with van der Waals surface area (Å²) in [5.74, 6) is 9.11.